The van der Waals surface area contributed by atoms with Crippen LogP contribution in [0.5, 0.6) is 0 Å². The molecular weight excluding hydrogens is 412 g/mol. The van der Waals surface area contributed by atoms with Crippen molar-refractivity contribution in [3.63, 3.8) is 0 Å². The Bertz CT molecular complexity index is 760. The second kappa shape index (κ2) is 7.71. The number of pyridine rings is 1. The van der Waals surface area contributed by atoms with Gasteiger partial charge < -0.3 is 18.8 Å². The highest BCUT2D eigenvalue weighted by atomic mass is 79.9. The Labute approximate surface area is 165 Å². The molecule has 0 N–H and O–H groups in total. The van der Waals surface area contributed by atoms with Crippen LogP contribution in [-0.4, -0.2) is 43.2 Å². The quantitative estimate of drug-likeness (QED) is 0.361. The van der Waals surface area contributed by atoms with Crippen molar-refractivity contribution in [2.45, 2.75) is 58.0 Å². The Morgan fingerprint density at radius 2 is 1.96 bits per heavy atom. The highest BCUT2D eigenvalue weighted by Gasteiger charge is 2.31. The molecule has 3 rings (SSSR count). The van der Waals surface area contributed by atoms with Crippen molar-refractivity contribution in [1.29, 1.82) is 0 Å². The number of hydrogen-bond acceptors (Lipinski definition) is 4. The minimum Gasteiger partial charge on any atom is -0.361 e. The van der Waals surface area contributed by atoms with E-state index in [0.717, 1.165) is 34.0 Å². The summed E-state index contributed by atoms with van der Waals surface area (Å²) in [6.07, 6.45) is 0. The topological polar surface area (TPSA) is 45.5 Å². The molecule has 0 radical (unpaired) electrons. The van der Waals surface area contributed by atoms with Crippen LogP contribution in [0.2, 0.25) is 25.7 Å². The van der Waals surface area contributed by atoms with Crippen LogP contribution in [0, 0.1) is 0 Å². The van der Waals surface area contributed by atoms with Crippen molar-refractivity contribution in [2.24, 2.45) is 0 Å². The van der Waals surface area contributed by atoms with Gasteiger partial charge in [0.05, 0.1) is 24.2 Å². The van der Waals surface area contributed by atoms with Crippen molar-refractivity contribution >= 4 is 35.0 Å². The molecule has 0 amide bonds. The summed E-state index contributed by atoms with van der Waals surface area (Å²) in [4.78, 5) is 4.61. The molecule has 2 aromatic rings. The molecule has 1 aliphatic rings. The van der Waals surface area contributed by atoms with E-state index < -0.39 is 13.9 Å². The zero-order valence-electron chi connectivity index (χ0n) is 16.3. The molecule has 1 saturated heterocycles. The zero-order valence-corrected chi connectivity index (χ0v) is 18.9. The SMILES string of the molecule is CC1(C)OCC(c2cc3nc(Br)ccc3n2COCC[Si](C)(C)C)CO1. The molecule has 1 fully saturated rings. The highest BCUT2D eigenvalue weighted by molar-refractivity contribution is 9.10. The highest BCUT2D eigenvalue weighted by Crippen LogP contribution is 2.31. The molecule has 0 unspecified atom stereocenters. The molecule has 2 aromatic heterocycles. The maximum Gasteiger partial charge on any atom is 0.162 e. The second-order valence-electron chi connectivity index (χ2n) is 8.60. The van der Waals surface area contributed by atoms with Crippen molar-refractivity contribution < 1.29 is 14.2 Å². The summed E-state index contributed by atoms with van der Waals surface area (Å²) >= 11 is 3.47. The number of ether oxygens (including phenoxy) is 3. The third-order valence-corrected chi connectivity index (χ3v) is 6.80. The summed E-state index contributed by atoms with van der Waals surface area (Å²) in [5, 5.41) is 0. The van der Waals surface area contributed by atoms with E-state index in [4.69, 9.17) is 14.2 Å². The van der Waals surface area contributed by atoms with Crippen LogP contribution in [0.4, 0.5) is 0 Å². The first-order valence-electron chi connectivity index (χ1n) is 9.16. The molecule has 0 aromatic carbocycles. The van der Waals surface area contributed by atoms with Gasteiger partial charge >= 0.3 is 0 Å². The smallest absolute Gasteiger partial charge is 0.162 e. The van der Waals surface area contributed by atoms with Crippen LogP contribution in [0.25, 0.3) is 11.0 Å². The van der Waals surface area contributed by atoms with E-state index in [2.05, 4.69) is 57.3 Å². The van der Waals surface area contributed by atoms with Gasteiger partial charge in [0.1, 0.15) is 11.3 Å². The number of nitrogens with zero attached hydrogens (tertiary/aromatic N) is 2. The number of aromatic nitrogens is 2. The molecule has 0 spiro atoms. The van der Waals surface area contributed by atoms with Gasteiger partial charge in [-0.05, 0) is 54.0 Å². The van der Waals surface area contributed by atoms with Crippen molar-refractivity contribution in [3.8, 4) is 0 Å². The lowest BCUT2D eigenvalue weighted by molar-refractivity contribution is -0.251. The summed E-state index contributed by atoms with van der Waals surface area (Å²) < 4.78 is 20.9. The Morgan fingerprint density at radius 3 is 2.62 bits per heavy atom. The van der Waals surface area contributed by atoms with Crippen LogP contribution in [0.1, 0.15) is 25.5 Å². The number of fused-ring (bicyclic) bond motifs is 1. The van der Waals surface area contributed by atoms with Gasteiger partial charge in [0.2, 0.25) is 0 Å². The molecule has 1 aliphatic heterocycles. The normalized spacial score (nSPS) is 18.5. The van der Waals surface area contributed by atoms with Gasteiger partial charge in [-0.3, -0.25) is 0 Å². The largest absolute Gasteiger partial charge is 0.361 e. The van der Waals surface area contributed by atoms with Gasteiger partial charge in [0.15, 0.2) is 5.79 Å². The van der Waals surface area contributed by atoms with Gasteiger partial charge in [-0.1, -0.05) is 19.6 Å². The molecule has 5 nitrogen and oxygen atoms in total. The molecule has 0 saturated carbocycles. The molecule has 144 valence electrons. The van der Waals surface area contributed by atoms with Crippen LogP contribution in [0.3, 0.4) is 0 Å². The molecule has 3 heterocycles. The van der Waals surface area contributed by atoms with Gasteiger partial charge in [0, 0.05) is 26.3 Å². The van der Waals surface area contributed by atoms with Crippen molar-refractivity contribution in [3.05, 3.63) is 28.5 Å². The predicted molar refractivity (Wildman–Crippen MR) is 110 cm³/mol. The van der Waals surface area contributed by atoms with Crippen LogP contribution >= 0.6 is 15.9 Å². The van der Waals surface area contributed by atoms with E-state index >= 15 is 0 Å². The van der Waals surface area contributed by atoms with Gasteiger partial charge in [-0.15, -0.1) is 0 Å². The third kappa shape index (κ3) is 4.95. The number of hydrogen-bond donors (Lipinski definition) is 0. The van der Waals surface area contributed by atoms with E-state index in [-0.39, 0.29) is 5.92 Å². The maximum atomic E-state index is 6.04. The van der Waals surface area contributed by atoms with Crippen LogP contribution in [0.15, 0.2) is 22.8 Å². The van der Waals surface area contributed by atoms with E-state index in [1.54, 1.807) is 0 Å². The second-order valence-corrected chi connectivity index (χ2v) is 15.0. The monoisotopic (exact) mass is 440 g/mol. The average molecular weight is 441 g/mol. The van der Waals surface area contributed by atoms with Crippen LogP contribution in [-0.2, 0) is 20.9 Å². The summed E-state index contributed by atoms with van der Waals surface area (Å²) in [7, 11) is -1.10. The minimum atomic E-state index is -1.10. The summed E-state index contributed by atoms with van der Waals surface area (Å²) in [5.74, 6) is -0.334. The first kappa shape index (κ1) is 20.0. The molecule has 0 atom stereocenters. The molecule has 7 heteroatoms. The maximum absolute atomic E-state index is 6.04. The first-order chi connectivity index (χ1) is 12.1. The lowest BCUT2D eigenvalue weighted by Gasteiger charge is -2.35. The fraction of sp³-hybridized carbons (Fsp3) is 0.632. The zero-order chi connectivity index (χ0) is 18.9. The Kier molecular flexibility index (Phi) is 5.94. The fourth-order valence-electron chi connectivity index (χ4n) is 3.01. The first-order valence-corrected chi connectivity index (χ1v) is 13.7. The van der Waals surface area contributed by atoms with E-state index in [1.165, 1.54) is 0 Å². The summed E-state index contributed by atoms with van der Waals surface area (Å²) in [6, 6.07) is 7.36. The Hall–Kier alpha value is -0.733. The van der Waals surface area contributed by atoms with Crippen molar-refractivity contribution in [2.75, 3.05) is 19.8 Å². The van der Waals surface area contributed by atoms with Gasteiger partial charge in [-0.25, -0.2) is 4.98 Å². The fourth-order valence-corrected chi connectivity index (χ4v) is 4.09. The lowest BCUT2D eigenvalue weighted by Crippen LogP contribution is -2.38. The van der Waals surface area contributed by atoms with E-state index in [0.29, 0.717) is 19.9 Å². The summed E-state index contributed by atoms with van der Waals surface area (Å²) in [5.41, 5.74) is 3.21. The standard InChI is InChI=1S/C19H29BrN2O3Si/c1-19(2)24-11-14(12-25-19)17-10-15-16(6-7-18(20)21-15)22(17)13-23-8-9-26(3,4)5/h6-7,10,14H,8-9,11-13H2,1-5H3. The van der Waals surface area contributed by atoms with E-state index in [1.807, 2.05) is 19.9 Å². The Morgan fingerprint density at radius 1 is 1.27 bits per heavy atom. The molecule has 26 heavy (non-hydrogen) atoms. The van der Waals surface area contributed by atoms with Gasteiger partial charge in [-0.2, -0.15) is 0 Å². The molecule has 0 aliphatic carbocycles. The van der Waals surface area contributed by atoms with Crippen molar-refractivity contribution in [1.82, 2.24) is 9.55 Å². The van der Waals surface area contributed by atoms with Crippen LogP contribution < -0.4 is 0 Å². The van der Waals surface area contributed by atoms with Gasteiger partial charge in [0.25, 0.3) is 0 Å². The number of halogens is 1. The summed E-state index contributed by atoms with van der Waals surface area (Å²) in [6.45, 7) is 13.6. The average Bonchev–Trinajstić information content (AvgIpc) is 2.88. The lowest BCUT2D eigenvalue weighted by atomic mass is 10.1. The molecule has 0 bridgehead atoms. The Balaban J connectivity index is 1.82. The minimum absolute atomic E-state index is 0.177. The predicted octanol–water partition coefficient (Wildman–Crippen LogP) is 4.98. The molecular formula is C19H29BrN2O3Si. The third-order valence-electron chi connectivity index (χ3n) is 4.65. The van der Waals surface area contributed by atoms with E-state index in [9.17, 15) is 0 Å². The number of rotatable bonds is 6.